The van der Waals surface area contributed by atoms with Gasteiger partial charge in [0.05, 0.1) is 29.3 Å². The fourth-order valence-electron chi connectivity index (χ4n) is 3.69. The van der Waals surface area contributed by atoms with Crippen LogP contribution in [0.1, 0.15) is 31.1 Å². The van der Waals surface area contributed by atoms with Crippen LogP contribution in [0, 0.1) is 0 Å². The third-order valence-electron chi connectivity index (χ3n) is 5.57. The number of pyridine rings is 1. The van der Waals surface area contributed by atoms with E-state index in [-0.39, 0.29) is 50.8 Å². The summed E-state index contributed by atoms with van der Waals surface area (Å²) in [6.45, 7) is 0. The molecule has 194 valence electrons. The molecule has 0 aliphatic heterocycles. The van der Waals surface area contributed by atoms with E-state index < -0.39 is 29.4 Å². The third kappa shape index (κ3) is 4.46. The van der Waals surface area contributed by atoms with Crippen molar-refractivity contribution in [1.29, 1.82) is 0 Å². The molecule has 5 N–H and O–H groups in total. The van der Waals surface area contributed by atoms with E-state index in [1.165, 1.54) is 60.9 Å². The van der Waals surface area contributed by atoms with Crippen LogP contribution < -0.4 is 0 Å². The normalized spacial score (nSPS) is 10.9. The van der Waals surface area contributed by atoms with Gasteiger partial charge < -0.3 is 25.5 Å². The Bertz CT molecular complexity index is 1670. The molecule has 15 nitrogen and oxygen atoms in total. The number of benzene rings is 2. The Morgan fingerprint density at radius 3 is 1.44 bits per heavy atom. The topological polar surface area (TPSA) is 227 Å². The lowest BCUT2D eigenvalue weighted by molar-refractivity contribution is 0.0682. The molecule has 15 heteroatoms. The van der Waals surface area contributed by atoms with Gasteiger partial charge in [0.2, 0.25) is 0 Å². The number of hydrogen-bond acceptors (Lipinski definition) is 10. The monoisotopic (exact) mass is 529 g/mol. The highest BCUT2D eigenvalue weighted by atomic mass is 16.4. The highest BCUT2D eigenvalue weighted by Crippen LogP contribution is 2.29. The number of phenols is 2. The Morgan fingerprint density at radius 2 is 1.05 bits per heavy atom. The number of aromatic hydroxyl groups is 2. The SMILES string of the molecule is O=C(O)c1cc(-c2cn(-c3cccc(C(=O)O)c3O)nn2)nc(-c2cn(-c3cccc(C(=O)O)c3O)nn2)c1. The average Bonchev–Trinajstić information content (AvgIpc) is 3.59. The van der Waals surface area contributed by atoms with Crippen molar-refractivity contribution in [1.82, 2.24) is 35.0 Å². The maximum absolute atomic E-state index is 11.8. The van der Waals surface area contributed by atoms with Crippen molar-refractivity contribution in [3.63, 3.8) is 0 Å². The number of hydrogen-bond donors (Lipinski definition) is 5. The van der Waals surface area contributed by atoms with Crippen molar-refractivity contribution in [2.75, 3.05) is 0 Å². The van der Waals surface area contributed by atoms with Crippen LogP contribution in [0.15, 0.2) is 60.9 Å². The predicted octanol–water partition coefficient (Wildman–Crippen LogP) is 2.08. The van der Waals surface area contributed by atoms with Crippen LogP contribution in [0.2, 0.25) is 0 Å². The van der Waals surface area contributed by atoms with Crippen molar-refractivity contribution in [3.05, 3.63) is 77.6 Å². The van der Waals surface area contributed by atoms with Gasteiger partial charge in [-0.15, -0.1) is 10.2 Å². The molecule has 0 bridgehead atoms. The zero-order chi connectivity index (χ0) is 27.8. The fourth-order valence-corrected chi connectivity index (χ4v) is 3.69. The van der Waals surface area contributed by atoms with E-state index in [4.69, 9.17) is 0 Å². The lowest BCUT2D eigenvalue weighted by Crippen LogP contribution is -2.02. The van der Waals surface area contributed by atoms with Gasteiger partial charge >= 0.3 is 17.9 Å². The molecule has 0 saturated carbocycles. The number of carboxylic acids is 3. The summed E-state index contributed by atoms with van der Waals surface area (Å²) >= 11 is 0. The molecule has 0 saturated heterocycles. The lowest BCUT2D eigenvalue weighted by Gasteiger charge is -2.06. The van der Waals surface area contributed by atoms with Gasteiger partial charge in [-0.2, -0.15) is 0 Å². The van der Waals surface area contributed by atoms with Gasteiger partial charge in [-0.25, -0.2) is 28.7 Å². The Hall–Kier alpha value is -6.12. The van der Waals surface area contributed by atoms with Gasteiger partial charge in [-0.05, 0) is 36.4 Å². The summed E-state index contributed by atoms with van der Waals surface area (Å²) < 4.78 is 2.22. The predicted molar refractivity (Wildman–Crippen MR) is 129 cm³/mol. The Morgan fingerprint density at radius 1 is 0.615 bits per heavy atom. The zero-order valence-corrected chi connectivity index (χ0v) is 19.4. The van der Waals surface area contributed by atoms with Crippen LogP contribution in [0.25, 0.3) is 34.2 Å². The van der Waals surface area contributed by atoms with Crippen molar-refractivity contribution >= 4 is 17.9 Å². The standard InChI is InChI=1S/C24H15N7O8/c32-20-12(23(36)37)3-1-5-18(20)30-9-16(26-28-30)14-7-11(22(34)35)8-15(25-14)17-10-31(29-27-17)19-6-2-4-13(21(19)33)24(38)39/h1-10,32-33H,(H,34,35)(H,36,37)(H,38,39). The average molecular weight is 529 g/mol. The van der Waals surface area contributed by atoms with Crippen molar-refractivity contribution in [2.24, 2.45) is 0 Å². The van der Waals surface area contributed by atoms with E-state index >= 15 is 0 Å². The van der Waals surface area contributed by atoms with Crippen molar-refractivity contribution in [2.45, 2.75) is 0 Å². The van der Waals surface area contributed by atoms with Crippen LogP contribution in [0.4, 0.5) is 0 Å². The second-order valence-electron chi connectivity index (χ2n) is 7.99. The number of aromatic carboxylic acids is 3. The van der Waals surface area contributed by atoms with E-state index in [2.05, 4.69) is 25.6 Å². The molecule has 2 aromatic carbocycles. The first-order valence-electron chi connectivity index (χ1n) is 10.9. The first-order valence-corrected chi connectivity index (χ1v) is 10.9. The van der Waals surface area contributed by atoms with Crippen LogP contribution in [0.3, 0.4) is 0 Å². The smallest absolute Gasteiger partial charge is 0.339 e. The van der Waals surface area contributed by atoms with Gasteiger partial charge in [0, 0.05) is 0 Å². The van der Waals surface area contributed by atoms with Gasteiger partial charge in [-0.1, -0.05) is 22.6 Å². The van der Waals surface area contributed by atoms with Crippen LogP contribution >= 0.6 is 0 Å². The summed E-state index contributed by atoms with van der Waals surface area (Å²) in [6.07, 6.45) is 2.65. The number of rotatable bonds is 7. The summed E-state index contributed by atoms with van der Waals surface area (Å²) in [5.41, 5.74) is -0.501. The number of carbonyl (C=O) groups is 3. The molecule has 39 heavy (non-hydrogen) atoms. The Kier molecular flexibility index (Phi) is 5.92. The molecule has 0 radical (unpaired) electrons. The maximum atomic E-state index is 11.8. The molecule has 0 aliphatic carbocycles. The highest BCUT2D eigenvalue weighted by Gasteiger charge is 2.20. The number of nitrogens with zero attached hydrogens (tertiary/aromatic N) is 7. The van der Waals surface area contributed by atoms with E-state index in [1.807, 2.05) is 0 Å². The van der Waals surface area contributed by atoms with Crippen LogP contribution in [-0.4, -0.2) is 78.4 Å². The molecular formula is C24H15N7O8. The number of para-hydroxylation sites is 2. The molecule has 5 rings (SSSR count). The first-order chi connectivity index (χ1) is 18.6. The zero-order valence-electron chi connectivity index (χ0n) is 19.4. The quantitative estimate of drug-likeness (QED) is 0.204. The molecular weight excluding hydrogens is 514 g/mol. The minimum absolute atomic E-state index is 0.0228. The summed E-state index contributed by atoms with van der Waals surface area (Å²) in [5.74, 6) is -5.04. The number of aromatic nitrogens is 7. The lowest BCUT2D eigenvalue weighted by atomic mass is 10.1. The molecule has 0 aliphatic rings. The van der Waals surface area contributed by atoms with Crippen LogP contribution in [-0.2, 0) is 0 Å². The molecule has 5 aromatic rings. The Labute approximate surface area is 216 Å². The minimum atomic E-state index is -1.34. The van der Waals surface area contributed by atoms with E-state index in [0.717, 1.165) is 9.36 Å². The van der Waals surface area contributed by atoms with Crippen LogP contribution in [0.5, 0.6) is 11.5 Å². The van der Waals surface area contributed by atoms with Gasteiger partial charge in [0.1, 0.15) is 33.9 Å². The molecule has 3 aromatic heterocycles. The molecule has 0 unspecified atom stereocenters. The van der Waals surface area contributed by atoms with Crippen molar-refractivity contribution < 1.29 is 39.9 Å². The second-order valence-corrected chi connectivity index (χ2v) is 7.99. The molecule has 0 amide bonds. The van der Waals surface area contributed by atoms with Gasteiger partial charge in [-0.3, -0.25) is 0 Å². The first kappa shape index (κ1) is 24.6. The molecule has 0 fully saturated rings. The Balaban J connectivity index is 1.56. The van der Waals surface area contributed by atoms with E-state index in [9.17, 15) is 39.9 Å². The maximum Gasteiger partial charge on any atom is 0.339 e. The van der Waals surface area contributed by atoms with E-state index in [1.54, 1.807) is 0 Å². The molecule has 0 spiro atoms. The fraction of sp³-hybridized carbons (Fsp3) is 0. The summed E-state index contributed by atoms with van der Waals surface area (Å²) in [5, 5.41) is 64.5. The number of carboxylic acid groups (broad SMARTS) is 3. The minimum Gasteiger partial charge on any atom is -0.505 e. The van der Waals surface area contributed by atoms with E-state index in [0.29, 0.717) is 0 Å². The summed E-state index contributed by atoms with van der Waals surface area (Å²) in [4.78, 5) is 38.9. The molecule has 0 atom stereocenters. The van der Waals surface area contributed by atoms with Gasteiger partial charge in [0.15, 0.2) is 11.5 Å². The largest absolute Gasteiger partial charge is 0.505 e. The highest BCUT2D eigenvalue weighted by molar-refractivity contribution is 5.93. The second kappa shape index (κ2) is 9.40. The van der Waals surface area contributed by atoms with Gasteiger partial charge in [0.25, 0.3) is 0 Å². The third-order valence-corrected chi connectivity index (χ3v) is 5.57. The summed E-state index contributed by atoms with van der Waals surface area (Å²) in [6, 6.07) is 10.6. The summed E-state index contributed by atoms with van der Waals surface area (Å²) in [7, 11) is 0. The molecule has 3 heterocycles. The van der Waals surface area contributed by atoms with Crippen molar-refractivity contribution in [3.8, 4) is 45.6 Å².